The van der Waals surface area contributed by atoms with Gasteiger partial charge in [0.1, 0.15) is 11.6 Å². The van der Waals surface area contributed by atoms with E-state index >= 15 is 0 Å². The van der Waals surface area contributed by atoms with E-state index in [-0.39, 0.29) is 22.0 Å². The molecule has 4 nitrogen and oxygen atoms in total. The molecule has 0 aliphatic carbocycles. The van der Waals surface area contributed by atoms with Gasteiger partial charge >= 0.3 is 0 Å². The minimum atomic E-state index is -0.965. The summed E-state index contributed by atoms with van der Waals surface area (Å²) in [4.78, 5) is 10.6. The Morgan fingerprint density at radius 1 is 0.486 bits per heavy atom. The van der Waals surface area contributed by atoms with E-state index in [2.05, 4.69) is 200 Å². The minimum absolute atomic E-state index is 0.119. The van der Waals surface area contributed by atoms with Crippen molar-refractivity contribution in [2.75, 3.05) is 0 Å². The van der Waals surface area contributed by atoms with Crippen LogP contribution >= 0.6 is 0 Å². The lowest BCUT2D eigenvalue weighted by Crippen LogP contribution is -2.17. The highest BCUT2D eigenvalue weighted by molar-refractivity contribution is 5.98. The zero-order valence-corrected chi connectivity index (χ0v) is 43.4. The lowest BCUT2D eigenvalue weighted by Gasteiger charge is -2.28. The molecule has 0 saturated carbocycles. The molecule has 0 aliphatic heterocycles. The molecule has 0 fully saturated rings. The fraction of sp³-hybridized carbons (Fsp3) is 0.273. The molecule has 0 radical (unpaired) electrons. The van der Waals surface area contributed by atoms with Gasteiger partial charge in [0.25, 0.3) is 0 Å². The molecule has 0 atom stereocenters. The van der Waals surface area contributed by atoms with E-state index in [4.69, 9.17) is 11.3 Å². The van der Waals surface area contributed by atoms with Crippen LogP contribution in [0.5, 0.6) is 5.75 Å². The van der Waals surface area contributed by atoms with E-state index in [0.717, 1.165) is 94.7 Å². The molecule has 4 heteroatoms. The van der Waals surface area contributed by atoms with Gasteiger partial charge in [-0.2, -0.15) is 0 Å². The Morgan fingerprint density at radius 3 is 1.80 bits per heavy atom. The van der Waals surface area contributed by atoms with Crippen LogP contribution in [-0.2, 0) is 16.2 Å². The van der Waals surface area contributed by atoms with Crippen molar-refractivity contribution >= 4 is 11.0 Å². The van der Waals surface area contributed by atoms with E-state index in [1.54, 1.807) is 0 Å². The highest BCUT2D eigenvalue weighted by Gasteiger charge is 2.29. The quantitative estimate of drug-likeness (QED) is 0.157. The van der Waals surface area contributed by atoms with Crippen LogP contribution in [0.1, 0.15) is 132 Å². The second kappa shape index (κ2) is 18.4. The average molecular weight is 922 g/mol. The number of para-hydroxylation sites is 1. The molecule has 0 aliphatic rings. The number of pyridine rings is 1. The van der Waals surface area contributed by atoms with Crippen LogP contribution in [0, 0.1) is 0 Å². The second-order valence-corrected chi connectivity index (χ2v) is 22.6. The molecule has 2 aromatic heterocycles. The number of imidazole rings is 1. The number of nitrogens with zero attached hydrogens (tertiary/aromatic N) is 3. The summed E-state index contributed by atoms with van der Waals surface area (Å²) in [5.41, 5.74) is 17.6. The minimum Gasteiger partial charge on any atom is -0.507 e. The van der Waals surface area contributed by atoms with Crippen molar-refractivity contribution in [3.8, 4) is 78.6 Å². The van der Waals surface area contributed by atoms with Crippen molar-refractivity contribution < 1.29 is 7.85 Å². The molecule has 1 N–H and O–H groups in total. The van der Waals surface area contributed by atoms with Crippen molar-refractivity contribution in [1.82, 2.24) is 14.5 Å². The number of phenolic OH excluding ortho intramolecular Hbond substituents is 1. The summed E-state index contributed by atoms with van der Waals surface area (Å²) < 4.78 is 20.4. The highest BCUT2D eigenvalue weighted by atomic mass is 16.3. The van der Waals surface area contributed by atoms with Gasteiger partial charge in [0, 0.05) is 31.3 Å². The van der Waals surface area contributed by atoms with E-state index in [1.807, 2.05) is 58.2 Å². The van der Waals surface area contributed by atoms with Gasteiger partial charge in [-0.1, -0.05) is 193 Å². The van der Waals surface area contributed by atoms with Gasteiger partial charge in [0.05, 0.1) is 22.3 Å². The number of hydrogen-bond donors (Lipinski definition) is 1. The number of rotatable bonds is 9. The molecule has 70 heavy (non-hydrogen) atoms. The summed E-state index contributed by atoms with van der Waals surface area (Å²) in [6, 6.07) is 55.3. The molecule has 9 rings (SSSR count). The lowest BCUT2D eigenvalue weighted by molar-refractivity contribution is 0.446. The fourth-order valence-corrected chi connectivity index (χ4v) is 9.77. The topological polar surface area (TPSA) is 50.9 Å². The van der Waals surface area contributed by atoms with Crippen molar-refractivity contribution in [3.63, 3.8) is 0 Å². The first-order valence-corrected chi connectivity index (χ1v) is 24.7. The van der Waals surface area contributed by atoms with Crippen LogP contribution in [0.2, 0.25) is 0 Å². The Morgan fingerprint density at radius 2 is 1.13 bits per heavy atom. The van der Waals surface area contributed by atoms with Gasteiger partial charge < -0.3 is 5.11 Å². The Kier molecular flexibility index (Phi) is 11.9. The van der Waals surface area contributed by atoms with Crippen molar-refractivity contribution in [3.05, 3.63) is 192 Å². The summed E-state index contributed by atoms with van der Waals surface area (Å²) in [5, 5.41) is 12.6. The highest BCUT2D eigenvalue weighted by Crippen LogP contribution is 2.46. The Labute approximate surface area is 420 Å². The molecular weight excluding hydrogens is 851 g/mol. The maximum Gasteiger partial charge on any atom is 0.149 e. The van der Waals surface area contributed by atoms with Gasteiger partial charge in [-0.3, -0.25) is 9.55 Å². The third-order valence-electron chi connectivity index (χ3n) is 13.7. The van der Waals surface area contributed by atoms with Crippen LogP contribution in [0.4, 0.5) is 0 Å². The first kappa shape index (κ1) is 45.4. The zero-order chi connectivity index (χ0) is 51.7. The first-order chi connectivity index (χ1) is 33.8. The third-order valence-corrected chi connectivity index (χ3v) is 13.7. The van der Waals surface area contributed by atoms with Crippen LogP contribution in [0.3, 0.4) is 0 Å². The molecule has 0 saturated heterocycles. The first-order valence-electron chi connectivity index (χ1n) is 25.7. The van der Waals surface area contributed by atoms with Gasteiger partial charge in [-0.15, -0.1) is 0 Å². The molecule has 0 spiro atoms. The number of aromatic nitrogens is 3. The Hall–Kier alpha value is -7.04. The van der Waals surface area contributed by atoms with Crippen LogP contribution < -0.4 is 0 Å². The summed E-state index contributed by atoms with van der Waals surface area (Å²) in [7, 11) is 0. The van der Waals surface area contributed by atoms with E-state index in [9.17, 15) is 6.48 Å². The average Bonchev–Trinajstić information content (AvgIpc) is 3.72. The third kappa shape index (κ3) is 9.37. The molecule has 2 heterocycles. The molecule has 9 aromatic rings. The summed E-state index contributed by atoms with van der Waals surface area (Å²) in [6.45, 7) is 27.6. The number of benzene rings is 7. The summed E-state index contributed by atoms with van der Waals surface area (Å²) in [6.07, 6.45) is 1.87. The molecule has 0 amide bonds. The monoisotopic (exact) mass is 922 g/mol. The SMILES string of the molecule is [2H]C(C)(C)c1ccc(-c2ccnc(-c3cc(-c4ccccc4)cc(-c4cccc5c4nc(-c4cc(C(C)(C)C)cc(C(C)(C)C)c4O)n5-c4ccc(-c5ccccc5C(C)(C)C)c(C([2H])(C)C)c4)c3)c2)cc1. The second-order valence-electron chi connectivity index (χ2n) is 22.6. The lowest BCUT2D eigenvalue weighted by atomic mass is 9.79. The number of phenols is 1. The van der Waals surface area contributed by atoms with Crippen molar-refractivity contribution in [2.45, 2.75) is 118 Å². The van der Waals surface area contributed by atoms with Crippen molar-refractivity contribution in [2.24, 2.45) is 0 Å². The van der Waals surface area contributed by atoms with Gasteiger partial charge in [0.2, 0.25) is 0 Å². The maximum atomic E-state index is 12.6. The number of aromatic hydroxyl groups is 1. The Balaban J connectivity index is 1.32. The zero-order valence-electron chi connectivity index (χ0n) is 45.4. The number of fused-ring (bicyclic) bond motifs is 1. The number of hydrogen-bond acceptors (Lipinski definition) is 3. The van der Waals surface area contributed by atoms with E-state index in [1.165, 1.54) is 5.56 Å². The van der Waals surface area contributed by atoms with Gasteiger partial charge in [-0.25, -0.2) is 4.98 Å². The van der Waals surface area contributed by atoms with E-state index in [0.29, 0.717) is 11.4 Å². The van der Waals surface area contributed by atoms with E-state index < -0.39 is 11.8 Å². The van der Waals surface area contributed by atoms with Gasteiger partial charge in [0.15, 0.2) is 0 Å². The molecule has 354 valence electrons. The fourth-order valence-electron chi connectivity index (χ4n) is 9.77. The molecule has 0 unspecified atom stereocenters. The smallest absolute Gasteiger partial charge is 0.149 e. The Bertz CT molecular complexity index is 3480. The van der Waals surface area contributed by atoms with Gasteiger partial charge in [-0.05, 0) is 144 Å². The predicted molar refractivity (Wildman–Crippen MR) is 297 cm³/mol. The largest absolute Gasteiger partial charge is 0.507 e. The van der Waals surface area contributed by atoms with Crippen LogP contribution in [0.25, 0.3) is 83.9 Å². The van der Waals surface area contributed by atoms with Crippen LogP contribution in [0.15, 0.2) is 164 Å². The summed E-state index contributed by atoms with van der Waals surface area (Å²) in [5.74, 6) is -0.819. The maximum absolute atomic E-state index is 12.6. The molecular formula is C66H69N3O. The predicted octanol–water partition coefficient (Wildman–Crippen LogP) is 18.3. The standard InChI is InChI=1S/C66H69N3O/c1-41(2)43-26-28-45(29-27-43)46-32-33-67-59(37-46)49-35-47(44-20-15-14-16-21-44)34-48(36-49)52-23-19-25-60-61(52)68-63(56-38-50(64(5,6)7)39-58(62(56)70)66(11,12)13)69(60)51-30-31-53(55(40-51)42(3)4)54-22-17-18-24-57(54)65(8,9)10/h14-42,70H,1-13H3/i41D,42D. The normalized spacial score (nSPS) is 13.1. The van der Waals surface area contributed by atoms with Crippen molar-refractivity contribution in [1.29, 1.82) is 0 Å². The summed E-state index contributed by atoms with van der Waals surface area (Å²) >= 11 is 0. The molecule has 0 bridgehead atoms. The van der Waals surface area contributed by atoms with Crippen LogP contribution in [-0.4, -0.2) is 19.6 Å². The molecule has 7 aromatic carbocycles.